The molecule has 0 fully saturated rings. The summed E-state index contributed by atoms with van der Waals surface area (Å²) in [6.07, 6.45) is 2.97. The highest BCUT2D eigenvalue weighted by atomic mass is 127. The Morgan fingerprint density at radius 3 is 2.33 bits per heavy atom. The fourth-order valence-corrected chi connectivity index (χ4v) is 4.36. The number of aromatic hydroxyl groups is 1. The Bertz CT molecular complexity index is 1270. The van der Waals surface area contributed by atoms with Crippen LogP contribution in [0.4, 0.5) is 5.69 Å². The van der Waals surface area contributed by atoms with Crippen molar-refractivity contribution < 1.29 is 14.7 Å². The summed E-state index contributed by atoms with van der Waals surface area (Å²) in [4.78, 5) is 28.0. The molecule has 0 saturated carbocycles. The van der Waals surface area contributed by atoms with E-state index in [1.165, 1.54) is 6.21 Å². The highest BCUT2D eigenvalue weighted by Gasteiger charge is 2.15. The third-order valence-electron chi connectivity index (χ3n) is 5.53. The van der Waals surface area contributed by atoms with Crippen LogP contribution in [0, 0.1) is 10.5 Å². The van der Waals surface area contributed by atoms with Crippen molar-refractivity contribution in [2.45, 2.75) is 20.8 Å². The molecule has 0 saturated heterocycles. The molecule has 3 rings (SSSR count). The molecule has 2 amide bonds. The number of hydrogen-bond donors (Lipinski definition) is 3. The number of nitrogens with zero attached hydrogens (tertiary/aromatic N) is 2. The third-order valence-corrected chi connectivity index (χ3v) is 6.15. The molecule has 0 heterocycles. The summed E-state index contributed by atoms with van der Waals surface area (Å²) in [5.74, 6) is -0.910. The molecule has 0 atom stereocenters. The average molecular weight is 596 g/mol. The third kappa shape index (κ3) is 7.17. The van der Waals surface area contributed by atoms with Crippen LogP contribution in [-0.4, -0.2) is 36.2 Å². The number of benzene rings is 3. The summed E-state index contributed by atoms with van der Waals surface area (Å²) >= 11 is 2.15. The van der Waals surface area contributed by atoms with E-state index >= 15 is 0 Å². The molecule has 3 aromatic rings. The maximum absolute atomic E-state index is 13.0. The van der Waals surface area contributed by atoms with Crippen LogP contribution in [-0.2, 0) is 4.79 Å². The van der Waals surface area contributed by atoms with Crippen LogP contribution in [0.1, 0.15) is 40.9 Å². The molecular weight excluding hydrogens is 567 g/mol. The number of phenols is 1. The summed E-state index contributed by atoms with van der Waals surface area (Å²) in [6.45, 7) is 7.76. The standard InChI is InChI=1S/C28H29IN4O3/c1-4-33(5-2)24-13-11-20(12-14-24)16-25(31-27(35)21-9-7-6-8-10-21)28(36)32-30-18-22-17-23(29)15-19(3)26(22)34/h6-18,34H,4-5H2,1-3H3,(H,31,35)(H,32,36)/b25-16-,30-18+. The van der Waals surface area contributed by atoms with E-state index in [0.717, 1.165) is 27.9 Å². The van der Waals surface area contributed by atoms with Gasteiger partial charge in [-0.15, -0.1) is 0 Å². The van der Waals surface area contributed by atoms with Crippen molar-refractivity contribution in [2.24, 2.45) is 5.10 Å². The lowest BCUT2D eigenvalue weighted by Crippen LogP contribution is -2.32. The van der Waals surface area contributed by atoms with E-state index in [1.807, 2.05) is 36.4 Å². The van der Waals surface area contributed by atoms with E-state index in [0.29, 0.717) is 16.7 Å². The SMILES string of the molecule is CCN(CC)c1ccc(/C=C(\NC(=O)c2ccccc2)C(=O)N/N=C/c2cc(I)cc(C)c2O)cc1. The highest BCUT2D eigenvalue weighted by molar-refractivity contribution is 14.1. The summed E-state index contributed by atoms with van der Waals surface area (Å²) in [6, 6.07) is 20.0. The highest BCUT2D eigenvalue weighted by Crippen LogP contribution is 2.23. The van der Waals surface area contributed by atoms with E-state index < -0.39 is 11.8 Å². The van der Waals surface area contributed by atoms with Crippen LogP contribution in [0.3, 0.4) is 0 Å². The Hall–Kier alpha value is -3.66. The number of carbonyl (C=O) groups excluding carboxylic acids is 2. The minimum atomic E-state index is -0.592. The molecule has 0 unspecified atom stereocenters. The zero-order valence-electron chi connectivity index (χ0n) is 20.5. The second-order valence-corrected chi connectivity index (χ2v) is 9.25. The summed E-state index contributed by atoms with van der Waals surface area (Å²) in [7, 11) is 0. The van der Waals surface area contributed by atoms with E-state index in [-0.39, 0.29) is 11.4 Å². The van der Waals surface area contributed by atoms with Crippen LogP contribution in [0.25, 0.3) is 6.08 Å². The van der Waals surface area contributed by atoms with Crippen molar-refractivity contribution in [3.63, 3.8) is 0 Å². The van der Waals surface area contributed by atoms with Gasteiger partial charge in [-0.2, -0.15) is 5.10 Å². The first-order valence-corrected chi connectivity index (χ1v) is 12.7. The summed E-state index contributed by atoms with van der Waals surface area (Å²) in [5, 5.41) is 16.9. The van der Waals surface area contributed by atoms with Gasteiger partial charge in [-0.05, 0) is 97.0 Å². The first-order valence-electron chi connectivity index (χ1n) is 11.6. The van der Waals surface area contributed by atoms with Gasteiger partial charge in [-0.1, -0.05) is 30.3 Å². The molecule has 7 nitrogen and oxygen atoms in total. The zero-order valence-corrected chi connectivity index (χ0v) is 22.6. The minimum absolute atomic E-state index is 0.0413. The van der Waals surface area contributed by atoms with Crippen molar-refractivity contribution in [3.05, 3.63) is 98.3 Å². The number of amides is 2. The van der Waals surface area contributed by atoms with Gasteiger partial charge in [0.25, 0.3) is 11.8 Å². The zero-order chi connectivity index (χ0) is 26.1. The van der Waals surface area contributed by atoms with Crippen LogP contribution >= 0.6 is 22.6 Å². The molecule has 3 N–H and O–H groups in total. The Morgan fingerprint density at radius 1 is 1.03 bits per heavy atom. The molecule has 0 spiro atoms. The maximum Gasteiger partial charge on any atom is 0.287 e. The van der Waals surface area contributed by atoms with Crippen molar-refractivity contribution in [1.82, 2.24) is 10.7 Å². The Balaban J connectivity index is 1.85. The number of phenolic OH excluding ortho intramolecular Hbond substituents is 1. The largest absolute Gasteiger partial charge is 0.507 e. The minimum Gasteiger partial charge on any atom is -0.507 e. The molecule has 8 heteroatoms. The number of nitrogens with one attached hydrogen (secondary N) is 2. The number of rotatable bonds is 9. The van der Waals surface area contributed by atoms with E-state index in [2.05, 4.69) is 57.2 Å². The fourth-order valence-electron chi connectivity index (χ4n) is 3.56. The van der Waals surface area contributed by atoms with Gasteiger partial charge in [-0.25, -0.2) is 5.43 Å². The topological polar surface area (TPSA) is 94.0 Å². The lowest BCUT2D eigenvalue weighted by Gasteiger charge is -2.21. The van der Waals surface area contributed by atoms with Gasteiger partial charge in [0.2, 0.25) is 0 Å². The van der Waals surface area contributed by atoms with Gasteiger partial charge in [0.05, 0.1) is 6.21 Å². The monoisotopic (exact) mass is 596 g/mol. The number of halogens is 1. The smallest absolute Gasteiger partial charge is 0.287 e. The fraction of sp³-hybridized carbons (Fsp3) is 0.179. The van der Waals surface area contributed by atoms with Gasteiger partial charge in [-0.3, -0.25) is 9.59 Å². The van der Waals surface area contributed by atoms with Gasteiger partial charge >= 0.3 is 0 Å². The molecule has 0 aromatic heterocycles. The van der Waals surface area contributed by atoms with E-state index in [9.17, 15) is 14.7 Å². The van der Waals surface area contributed by atoms with Crippen LogP contribution in [0.15, 0.2) is 77.5 Å². The quantitative estimate of drug-likeness (QED) is 0.139. The molecule has 0 aliphatic rings. The van der Waals surface area contributed by atoms with Crippen molar-refractivity contribution in [1.29, 1.82) is 0 Å². The predicted molar refractivity (Wildman–Crippen MR) is 153 cm³/mol. The second kappa shape index (κ2) is 12.9. The molecule has 0 bridgehead atoms. The normalized spacial score (nSPS) is 11.4. The second-order valence-electron chi connectivity index (χ2n) is 8.00. The Labute approximate surface area is 225 Å². The first-order chi connectivity index (χ1) is 17.3. The number of carbonyl (C=O) groups is 2. The lowest BCUT2D eigenvalue weighted by atomic mass is 10.1. The van der Waals surface area contributed by atoms with Crippen LogP contribution < -0.4 is 15.6 Å². The summed E-state index contributed by atoms with van der Waals surface area (Å²) < 4.78 is 0.930. The van der Waals surface area contributed by atoms with Gasteiger partial charge < -0.3 is 15.3 Å². The van der Waals surface area contributed by atoms with Crippen LogP contribution in [0.5, 0.6) is 5.75 Å². The van der Waals surface area contributed by atoms with Crippen molar-refractivity contribution in [2.75, 3.05) is 18.0 Å². The summed E-state index contributed by atoms with van der Waals surface area (Å²) in [5.41, 5.74) is 5.93. The van der Waals surface area contributed by atoms with Crippen molar-refractivity contribution in [3.8, 4) is 5.75 Å². The molecule has 0 aliphatic carbocycles. The molecule has 186 valence electrons. The van der Waals surface area contributed by atoms with Crippen LogP contribution in [0.2, 0.25) is 0 Å². The van der Waals surface area contributed by atoms with Gasteiger partial charge in [0, 0.05) is 33.5 Å². The number of hydrazone groups is 1. The van der Waals surface area contributed by atoms with E-state index in [4.69, 9.17) is 0 Å². The number of anilines is 1. The molecule has 0 aliphatic heterocycles. The molecular formula is C28H29IN4O3. The Morgan fingerprint density at radius 2 is 1.69 bits per heavy atom. The predicted octanol–water partition coefficient (Wildman–Crippen LogP) is 5.07. The first kappa shape index (κ1) is 26.9. The number of hydrogen-bond acceptors (Lipinski definition) is 5. The van der Waals surface area contributed by atoms with Gasteiger partial charge in [0.1, 0.15) is 11.4 Å². The number of aryl methyl sites for hydroxylation is 1. The maximum atomic E-state index is 13.0. The van der Waals surface area contributed by atoms with Gasteiger partial charge in [0.15, 0.2) is 0 Å². The molecule has 0 radical (unpaired) electrons. The lowest BCUT2D eigenvalue weighted by molar-refractivity contribution is -0.117. The average Bonchev–Trinajstić information content (AvgIpc) is 2.88. The molecule has 3 aromatic carbocycles. The Kier molecular flexibility index (Phi) is 9.63. The molecule has 36 heavy (non-hydrogen) atoms. The van der Waals surface area contributed by atoms with Crippen molar-refractivity contribution >= 4 is 52.4 Å². The van der Waals surface area contributed by atoms with E-state index in [1.54, 1.807) is 43.3 Å².